The molecule has 21 heavy (non-hydrogen) atoms. The van der Waals surface area contributed by atoms with Gasteiger partial charge in [0.25, 0.3) is 0 Å². The number of hydrogen-bond donors (Lipinski definition) is 1. The lowest BCUT2D eigenvalue weighted by Gasteiger charge is -2.25. The predicted octanol–water partition coefficient (Wildman–Crippen LogP) is 3.13. The highest BCUT2D eigenvalue weighted by molar-refractivity contribution is 5.76. The maximum Gasteiger partial charge on any atom is 0.303 e. The number of carboxylic acid groups (broad SMARTS) is 1. The lowest BCUT2D eigenvalue weighted by Crippen LogP contribution is -2.29. The molecule has 6 heteroatoms. The molecule has 0 aliphatic heterocycles. The molecule has 1 rings (SSSR count). The molecule has 116 valence electrons. The maximum absolute atomic E-state index is 13.2. The SMILES string of the molecule is CC(c1ccc(F)c(F)c1)N(C)C(=O)CCCCC(=O)O. The molecule has 0 bridgehead atoms. The molecule has 0 saturated heterocycles. The van der Waals surface area contributed by atoms with Crippen molar-refractivity contribution in [3.05, 3.63) is 35.4 Å². The number of benzene rings is 1. The molecule has 0 radical (unpaired) electrons. The Labute approximate surface area is 122 Å². The highest BCUT2D eigenvalue weighted by Crippen LogP contribution is 2.21. The fourth-order valence-electron chi connectivity index (χ4n) is 1.94. The molecule has 1 N–H and O–H groups in total. The van der Waals surface area contributed by atoms with Gasteiger partial charge in [0, 0.05) is 19.9 Å². The van der Waals surface area contributed by atoms with Crippen molar-refractivity contribution in [1.29, 1.82) is 0 Å². The smallest absolute Gasteiger partial charge is 0.303 e. The molecular formula is C15H19F2NO3. The Hall–Kier alpha value is -1.98. The van der Waals surface area contributed by atoms with E-state index >= 15 is 0 Å². The van der Waals surface area contributed by atoms with Crippen LogP contribution in [0.2, 0.25) is 0 Å². The summed E-state index contributed by atoms with van der Waals surface area (Å²) < 4.78 is 26.1. The van der Waals surface area contributed by atoms with E-state index in [0.717, 1.165) is 12.1 Å². The number of aliphatic carboxylic acids is 1. The van der Waals surface area contributed by atoms with Gasteiger partial charge in [0.2, 0.25) is 5.91 Å². The number of hydrogen-bond acceptors (Lipinski definition) is 2. The van der Waals surface area contributed by atoms with Gasteiger partial charge in [-0.15, -0.1) is 0 Å². The first-order valence-corrected chi connectivity index (χ1v) is 6.75. The number of unbranched alkanes of at least 4 members (excludes halogenated alkanes) is 1. The van der Waals surface area contributed by atoms with Crippen LogP contribution < -0.4 is 0 Å². The van der Waals surface area contributed by atoms with Crippen LogP contribution >= 0.6 is 0 Å². The van der Waals surface area contributed by atoms with Crippen molar-refractivity contribution in [1.82, 2.24) is 4.90 Å². The molecule has 0 saturated carbocycles. The van der Waals surface area contributed by atoms with Crippen LogP contribution in [0.25, 0.3) is 0 Å². The number of nitrogens with zero attached hydrogens (tertiary/aromatic N) is 1. The van der Waals surface area contributed by atoms with Gasteiger partial charge >= 0.3 is 5.97 Å². The second kappa shape index (κ2) is 7.71. The molecule has 1 unspecified atom stereocenters. The summed E-state index contributed by atoms with van der Waals surface area (Å²) in [6, 6.07) is 3.17. The van der Waals surface area contributed by atoms with Crippen LogP contribution in [-0.2, 0) is 9.59 Å². The van der Waals surface area contributed by atoms with Crippen LogP contribution in [-0.4, -0.2) is 28.9 Å². The minimum atomic E-state index is -0.943. The van der Waals surface area contributed by atoms with E-state index in [1.165, 1.54) is 11.0 Å². The molecule has 4 nitrogen and oxygen atoms in total. The van der Waals surface area contributed by atoms with Gasteiger partial charge in [-0.1, -0.05) is 6.07 Å². The summed E-state index contributed by atoms with van der Waals surface area (Å²) >= 11 is 0. The zero-order valence-corrected chi connectivity index (χ0v) is 12.1. The molecule has 0 aliphatic carbocycles. The van der Waals surface area contributed by atoms with Gasteiger partial charge in [0.05, 0.1) is 6.04 Å². The topological polar surface area (TPSA) is 57.6 Å². The number of carboxylic acids is 1. The van der Waals surface area contributed by atoms with Gasteiger partial charge in [-0.2, -0.15) is 0 Å². The van der Waals surface area contributed by atoms with Gasteiger partial charge in [-0.3, -0.25) is 9.59 Å². The average Bonchev–Trinajstić information content (AvgIpc) is 2.44. The number of rotatable bonds is 7. The van der Waals surface area contributed by atoms with E-state index in [1.54, 1.807) is 14.0 Å². The molecule has 0 spiro atoms. The second-order valence-electron chi connectivity index (χ2n) is 4.96. The summed E-state index contributed by atoms with van der Waals surface area (Å²) in [5.74, 6) is -2.90. The van der Waals surface area contributed by atoms with Crippen LogP contribution in [0.5, 0.6) is 0 Å². The Morgan fingerprint density at radius 2 is 1.81 bits per heavy atom. The van der Waals surface area contributed by atoms with Gasteiger partial charge < -0.3 is 10.0 Å². The Morgan fingerprint density at radius 3 is 2.38 bits per heavy atom. The molecule has 0 aromatic heterocycles. The van der Waals surface area contributed by atoms with E-state index < -0.39 is 17.6 Å². The van der Waals surface area contributed by atoms with E-state index in [0.29, 0.717) is 18.4 Å². The monoisotopic (exact) mass is 299 g/mol. The number of halogens is 2. The van der Waals surface area contributed by atoms with Crippen LogP contribution in [0.15, 0.2) is 18.2 Å². The molecule has 1 aromatic carbocycles. The minimum absolute atomic E-state index is 0.0374. The molecule has 1 atom stereocenters. The van der Waals surface area contributed by atoms with E-state index in [4.69, 9.17) is 5.11 Å². The van der Waals surface area contributed by atoms with Gasteiger partial charge in [0.15, 0.2) is 11.6 Å². The second-order valence-corrected chi connectivity index (χ2v) is 4.96. The standard InChI is InChI=1S/C15H19F2NO3/c1-10(11-7-8-12(16)13(17)9-11)18(2)14(19)5-3-4-6-15(20)21/h7-10H,3-6H2,1-2H3,(H,20,21). The summed E-state index contributed by atoms with van der Waals surface area (Å²) in [6.45, 7) is 1.72. The highest BCUT2D eigenvalue weighted by atomic mass is 19.2. The normalized spacial score (nSPS) is 12.0. The quantitative estimate of drug-likeness (QED) is 0.787. The van der Waals surface area contributed by atoms with E-state index in [9.17, 15) is 18.4 Å². The van der Waals surface area contributed by atoms with Crippen LogP contribution in [0.3, 0.4) is 0 Å². The fraction of sp³-hybridized carbons (Fsp3) is 0.467. The first-order valence-electron chi connectivity index (χ1n) is 6.75. The van der Waals surface area contributed by atoms with Crippen LogP contribution in [0, 0.1) is 11.6 Å². The van der Waals surface area contributed by atoms with Crippen molar-refractivity contribution >= 4 is 11.9 Å². The largest absolute Gasteiger partial charge is 0.481 e. The van der Waals surface area contributed by atoms with Crippen molar-refractivity contribution in [2.75, 3.05) is 7.05 Å². The van der Waals surface area contributed by atoms with Crippen molar-refractivity contribution in [3.63, 3.8) is 0 Å². The third-order valence-corrected chi connectivity index (χ3v) is 3.43. The van der Waals surface area contributed by atoms with E-state index in [2.05, 4.69) is 0 Å². The van der Waals surface area contributed by atoms with E-state index in [-0.39, 0.29) is 24.8 Å². The third kappa shape index (κ3) is 5.13. The summed E-state index contributed by atoms with van der Waals surface area (Å²) in [4.78, 5) is 23.8. The van der Waals surface area contributed by atoms with Crippen molar-refractivity contribution < 1.29 is 23.5 Å². The Morgan fingerprint density at radius 1 is 1.19 bits per heavy atom. The zero-order chi connectivity index (χ0) is 16.0. The van der Waals surface area contributed by atoms with Crippen molar-refractivity contribution in [2.24, 2.45) is 0 Å². The van der Waals surface area contributed by atoms with Crippen molar-refractivity contribution in [2.45, 2.75) is 38.6 Å². The van der Waals surface area contributed by atoms with Gasteiger partial charge in [-0.05, 0) is 37.5 Å². The predicted molar refractivity (Wildman–Crippen MR) is 73.6 cm³/mol. The lowest BCUT2D eigenvalue weighted by molar-refractivity contribution is -0.137. The molecule has 0 heterocycles. The van der Waals surface area contributed by atoms with Gasteiger partial charge in [0.1, 0.15) is 0 Å². The minimum Gasteiger partial charge on any atom is -0.481 e. The van der Waals surface area contributed by atoms with Crippen molar-refractivity contribution in [3.8, 4) is 0 Å². The number of amides is 1. The average molecular weight is 299 g/mol. The first kappa shape index (κ1) is 17.1. The molecule has 1 aromatic rings. The summed E-state index contributed by atoms with van der Waals surface area (Å²) in [7, 11) is 1.59. The lowest BCUT2D eigenvalue weighted by atomic mass is 10.1. The molecular weight excluding hydrogens is 280 g/mol. The number of carbonyl (C=O) groups is 2. The summed E-state index contributed by atoms with van der Waals surface area (Å²) in [5, 5.41) is 8.51. The Bertz CT molecular complexity index is 520. The number of carbonyl (C=O) groups excluding carboxylic acids is 1. The molecule has 1 amide bonds. The summed E-state index contributed by atoms with van der Waals surface area (Å²) in [6.07, 6.45) is 1.20. The Balaban J connectivity index is 2.56. The Kier molecular flexibility index (Phi) is 6.27. The third-order valence-electron chi connectivity index (χ3n) is 3.43. The van der Waals surface area contributed by atoms with E-state index in [1.807, 2.05) is 0 Å². The fourth-order valence-corrected chi connectivity index (χ4v) is 1.94. The molecule has 0 aliphatic rings. The van der Waals surface area contributed by atoms with Crippen LogP contribution in [0.4, 0.5) is 8.78 Å². The maximum atomic E-state index is 13.2. The zero-order valence-electron chi connectivity index (χ0n) is 12.1. The highest BCUT2D eigenvalue weighted by Gasteiger charge is 2.18. The molecule has 0 fully saturated rings. The summed E-state index contributed by atoms with van der Waals surface area (Å²) in [5.41, 5.74) is 0.510. The first-order chi connectivity index (χ1) is 9.82. The van der Waals surface area contributed by atoms with Crippen LogP contribution in [0.1, 0.15) is 44.2 Å². The van der Waals surface area contributed by atoms with Gasteiger partial charge in [-0.25, -0.2) is 8.78 Å².